The third kappa shape index (κ3) is 3.11. The Morgan fingerprint density at radius 3 is 2.56 bits per heavy atom. The number of hydrogen-bond acceptors (Lipinski definition) is 1. The summed E-state index contributed by atoms with van der Waals surface area (Å²) >= 11 is 6.05. The fourth-order valence-corrected chi connectivity index (χ4v) is 2.04. The number of rotatable bonds is 5. The smallest absolute Gasteiger partial charge is 0.125 e. The monoisotopic (exact) mass is 244 g/mol. The first kappa shape index (κ1) is 13.3. The number of hydrogen-bond donors (Lipinski definition) is 0. The number of benzene rings is 1. The highest BCUT2D eigenvalue weighted by Gasteiger charge is 2.13. The Bertz CT molecular complexity index is 350. The summed E-state index contributed by atoms with van der Waals surface area (Å²) in [6, 6.07) is 3.78. The van der Waals surface area contributed by atoms with Crippen molar-refractivity contribution in [2.45, 2.75) is 32.6 Å². The number of halogens is 2. The molecule has 0 aliphatic heterocycles. The molecule has 1 nitrogen and oxygen atoms in total. The highest BCUT2D eigenvalue weighted by molar-refractivity contribution is 6.30. The van der Waals surface area contributed by atoms with E-state index in [0.29, 0.717) is 23.8 Å². The molecule has 0 spiro atoms. The Hall–Kier alpha value is -0.760. The highest BCUT2D eigenvalue weighted by Crippen LogP contribution is 2.33. The van der Waals surface area contributed by atoms with Crippen molar-refractivity contribution in [3.63, 3.8) is 0 Å². The molecule has 0 atom stereocenters. The van der Waals surface area contributed by atoms with Crippen LogP contribution in [0.25, 0.3) is 0 Å². The van der Waals surface area contributed by atoms with E-state index in [2.05, 4.69) is 13.8 Å². The van der Waals surface area contributed by atoms with E-state index in [1.54, 1.807) is 7.11 Å². The summed E-state index contributed by atoms with van der Waals surface area (Å²) in [6.07, 6.45) is 1.17. The lowest BCUT2D eigenvalue weighted by Crippen LogP contribution is -2.00. The minimum absolute atomic E-state index is 0.313. The van der Waals surface area contributed by atoms with Crippen molar-refractivity contribution in [3.05, 3.63) is 28.3 Å². The van der Waals surface area contributed by atoms with Gasteiger partial charge < -0.3 is 4.74 Å². The first-order valence-electron chi connectivity index (χ1n) is 5.52. The third-order valence-electron chi connectivity index (χ3n) is 2.57. The van der Waals surface area contributed by atoms with Gasteiger partial charge in [0.1, 0.15) is 5.75 Å². The molecule has 1 rings (SSSR count). The number of aryl methyl sites for hydroxylation is 1. The maximum atomic E-state index is 12.2. The average molecular weight is 245 g/mol. The Labute approximate surface area is 102 Å². The summed E-state index contributed by atoms with van der Waals surface area (Å²) in [4.78, 5) is 0. The molecular formula is C13H18ClFO. The molecule has 0 N–H and O–H groups in total. The zero-order valence-electron chi connectivity index (χ0n) is 10.0. The van der Waals surface area contributed by atoms with Crippen LogP contribution in [0.5, 0.6) is 5.75 Å². The van der Waals surface area contributed by atoms with Gasteiger partial charge in [-0.3, -0.25) is 4.39 Å². The maximum absolute atomic E-state index is 12.2. The summed E-state index contributed by atoms with van der Waals surface area (Å²) in [6.45, 7) is 3.87. The van der Waals surface area contributed by atoms with E-state index in [-0.39, 0.29) is 6.67 Å². The van der Waals surface area contributed by atoms with Crippen LogP contribution in [0.15, 0.2) is 12.1 Å². The normalized spacial score (nSPS) is 10.9. The van der Waals surface area contributed by atoms with E-state index in [4.69, 9.17) is 16.3 Å². The van der Waals surface area contributed by atoms with Crippen molar-refractivity contribution < 1.29 is 9.13 Å². The first-order chi connectivity index (χ1) is 7.60. The maximum Gasteiger partial charge on any atom is 0.125 e. The molecule has 0 aliphatic rings. The fraction of sp³-hybridized carbons (Fsp3) is 0.538. The molecule has 1 aromatic carbocycles. The molecule has 0 heterocycles. The molecule has 16 heavy (non-hydrogen) atoms. The standard InChI is InChI=1S/C13H18ClFO/c1-9(2)12-8-11(14)7-10(5-4-6-15)13(12)16-3/h7-9H,4-6H2,1-3H3. The predicted octanol–water partition coefficient (Wildman–Crippen LogP) is 4.37. The minimum atomic E-state index is -0.313. The van der Waals surface area contributed by atoms with Crippen molar-refractivity contribution in [1.82, 2.24) is 0 Å². The SMILES string of the molecule is COc1c(CCCF)cc(Cl)cc1C(C)C. The van der Waals surface area contributed by atoms with Crippen molar-refractivity contribution in [3.8, 4) is 5.75 Å². The summed E-state index contributed by atoms with van der Waals surface area (Å²) in [5, 5.41) is 0.693. The van der Waals surface area contributed by atoms with Crippen LogP contribution >= 0.6 is 11.6 Å². The lowest BCUT2D eigenvalue weighted by Gasteiger charge is -2.16. The number of alkyl halides is 1. The predicted molar refractivity (Wildman–Crippen MR) is 66.4 cm³/mol. The third-order valence-corrected chi connectivity index (χ3v) is 2.78. The van der Waals surface area contributed by atoms with Gasteiger partial charge in [0.05, 0.1) is 13.8 Å². The lowest BCUT2D eigenvalue weighted by molar-refractivity contribution is 0.399. The topological polar surface area (TPSA) is 9.23 Å². The van der Waals surface area contributed by atoms with Crippen LogP contribution in [0.2, 0.25) is 5.02 Å². The molecule has 0 saturated carbocycles. The van der Waals surface area contributed by atoms with Crippen molar-refractivity contribution in [1.29, 1.82) is 0 Å². The minimum Gasteiger partial charge on any atom is -0.496 e. The zero-order valence-corrected chi connectivity index (χ0v) is 10.8. The second-order valence-corrected chi connectivity index (χ2v) is 4.57. The van der Waals surface area contributed by atoms with E-state index in [1.165, 1.54) is 0 Å². The Morgan fingerprint density at radius 2 is 2.06 bits per heavy atom. The van der Waals surface area contributed by atoms with Crippen LogP contribution in [0.3, 0.4) is 0 Å². The molecule has 0 amide bonds. The lowest BCUT2D eigenvalue weighted by atomic mass is 9.97. The molecule has 0 aromatic heterocycles. The molecule has 3 heteroatoms. The van der Waals surface area contributed by atoms with Gasteiger partial charge in [-0.25, -0.2) is 0 Å². The molecule has 0 aliphatic carbocycles. The number of ether oxygens (including phenoxy) is 1. The fourth-order valence-electron chi connectivity index (χ4n) is 1.79. The van der Waals surface area contributed by atoms with E-state index >= 15 is 0 Å². The van der Waals surface area contributed by atoms with Gasteiger partial charge in [-0.15, -0.1) is 0 Å². The van der Waals surface area contributed by atoms with Crippen LogP contribution in [0.1, 0.15) is 37.3 Å². The van der Waals surface area contributed by atoms with Crippen LogP contribution in [-0.2, 0) is 6.42 Å². The van der Waals surface area contributed by atoms with Gasteiger partial charge in [-0.2, -0.15) is 0 Å². The van der Waals surface area contributed by atoms with E-state index in [0.717, 1.165) is 16.9 Å². The van der Waals surface area contributed by atoms with Crippen LogP contribution in [0.4, 0.5) is 4.39 Å². The first-order valence-corrected chi connectivity index (χ1v) is 5.90. The van der Waals surface area contributed by atoms with E-state index in [9.17, 15) is 4.39 Å². The van der Waals surface area contributed by atoms with E-state index < -0.39 is 0 Å². The summed E-state index contributed by atoms with van der Waals surface area (Å²) < 4.78 is 17.6. The van der Waals surface area contributed by atoms with Crippen LogP contribution < -0.4 is 4.74 Å². The van der Waals surface area contributed by atoms with Gasteiger partial charge in [-0.1, -0.05) is 25.4 Å². The summed E-state index contributed by atoms with van der Waals surface area (Å²) in [5.74, 6) is 1.20. The van der Waals surface area contributed by atoms with Gasteiger partial charge in [0.25, 0.3) is 0 Å². The Morgan fingerprint density at radius 1 is 1.38 bits per heavy atom. The van der Waals surface area contributed by atoms with E-state index in [1.807, 2.05) is 12.1 Å². The Balaban J connectivity index is 3.14. The van der Waals surface area contributed by atoms with Gasteiger partial charge in [0.2, 0.25) is 0 Å². The van der Waals surface area contributed by atoms with Crippen molar-refractivity contribution in [2.75, 3.05) is 13.8 Å². The zero-order chi connectivity index (χ0) is 12.1. The molecule has 0 radical (unpaired) electrons. The molecule has 90 valence electrons. The molecule has 0 fully saturated rings. The van der Waals surface area contributed by atoms with Crippen molar-refractivity contribution in [2.24, 2.45) is 0 Å². The molecular weight excluding hydrogens is 227 g/mol. The quantitative estimate of drug-likeness (QED) is 0.747. The Kier molecular flexibility index (Phi) is 5.07. The van der Waals surface area contributed by atoms with Crippen LogP contribution in [0, 0.1) is 0 Å². The summed E-state index contributed by atoms with van der Waals surface area (Å²) in [7, 11) is 1.65. The average Bonchev–Trinajstić information content (AvgIpc) is 2.25. The second-order valence-electron chi connectivity index (χ2n) is 4.13. The van der Waals surface area contributed by atoms with Crippen LogP contribution in [-0.4, -0.2) is 13.8 Å². The molecule has 0 bridgehead atoms. The number of methoxy groups -OCH3 is 1. The van der Waals surface area contributed by atoms with Crippen molar-refractivity contribution >= 4 is 11.6 Å². The van der Waals surface area contributed by atoms with Gasteiger partial charge >= 0.3 is 0 Å². The largest absolute Gasteiger partial charge is 0.496 e. The van der Waals surface area contributed by atoms with Gasteiger partial charge in [-0.05, 0) is 42.0 Å². The molecule has 0 unspecified atom stereocenters. The van der Waals surface area contributed by atoms with Gasteiger partial charge in [0, 0.05) is 5.02 Å². The molecule has 0 saturated heterocycles. The highest BCUT2D eigenvalue weighted by atomic mass is 35.5. The molecule has 1 aromatic rings. The second kappa shape index (κ2) is 6.09. The van der Waals surface area contributed by atoms with Gasteiger partial charge in [0.15, 0.2) is 0 Å². The summed E-state index contributed by atoms with van der Waals surface area (Å²) in [5.41, 5.74) is 2.08.